The highest BCUT2D eigenvalue weighted by Gasteiger charge is 2.14. The van der Waals surface area contributed by atoms with Gasteiger partial charge in [-0.2, -0.15) is 0 Å². The molecular weight excluding hydrogens is 214 g/mol. The van der Waals surface area contributed by atoms with Crippen LogP contribution in [0.4, 0.5) is 0 Å². The summed E-state index contributed by atoms with van der Waals surface area (Å²) < 4.78 is 0. The van der Waals surface area contributed by atoms with E-state index >= 15 is 0 Å². The Morgan fingerprint density at radius 3 is 2.71 bits per heavy atom. The number of phenolic OH excluding ortho intramolecular Hbond substituents is 1. The molecule has 0 bridgehead atoms. The van der Waals surface area contributed by atoms with E-state index in [0.717, 1.165) is 19.3 Å². The minimum atomic E-state index is -0.0984. The molecule has 0 saturated carbocycles. The van der Waals surface area contributed by atoms with Gasteiger partial charge in [0.15, 0.2) is 0 Å². The van der Waals surface area contributed by atoms with Crippen molar-refractivity contribution >= 4 is 5.91 Å². The van der Waals surface area contributed by atoms with Gasteiger partial charge in [0, 0.05) is 17.2 Å². The molecular formula is C14H21NO2. The van der Waals surface area contributed by atoms with Gasteiger partial charge in [-0.1, -0.05) is 26.3 Å². The zero-order chi connectivity index (χ0) is 12.8. The van der Waals surface area contributed by atoms with Crippen LogP contribution in [0.15, 0.2) is 18.2 Å². The summed E-state index contributed by atoms with van der Waals surface area (Å²) in [5.41, 5.74) is 1.19. The molecule has 3 nitrogen and oxygen atoms in total. The Balaban J connectivity index is 2.79. The molecule has 0 aliphatic heterocycles. The Morgan fingerprint density at radius 1 is 1.41 bits per heavy atom. The first-order chi connectivity index (χ1) is 8.10. The van der Waals surface area contributed by atoms with Gasteiger partial charge < -0.3 is 10.4 Å². The maximum Gasteiger partial charge on any atom is 0.251 e. The molecule has 94 valence electrons. The summed E-state index contributed by atoms with van der Waals surface area (Å²) in [6.07, 6.45) is 2.97. The van der Waals surface area contributed by atoms with Gasteiger partial charge in [-0.3, -0.25) is 4.79 Å². The molecule has 0 spiro atoms. The Kier molecular flexibility index (Phi) is 5.01. The Hall–Kier alpha value is -1.51. The molecule has 1 aromatic rings. The first-order valence-corrected chi connectivity index (χ1v) is 6.19. The van der Waals surface area contributed by atoms with Crippen molar-refractivity contribution in [2.75, 3.05) is 0 Å². The van der Waals surface area contributed by atoms with Crippen molar-refractivity contribution in [2.45, 2.75) is 46.1 Å². The van der Waals surface area contributed by atoms with E-state index in [2.05, 4.69) is 19.2 Å². The van der Waals surface area contributed by atoms with Crippen LogP contribution >= 0.6 is 0 Å². The third kappa shape index (κ3) is 3.48. The lowest BCUT2D eigenvalue weighted by Gasteiger charge is -2.17. The minimum Gasteiger partial charge on any atom is -0.508 e. The zero-order valence-corrected chi connectivity index (χ0v) is 10.8. The second kappa shape index (κ2) is 6.28. The van der Waals surface area contributed by atoms with Gasteiger partial charge >= 0.3 is 0 Å². The molecule has 1 aromatic carbocycles. The third-order valence-corrected chi connectivity index (χ3v) is 3.01. The van der Waals surface area contributed by atoms with E-state index in [-0.39, 0.29) is 17.7 Å². The van der Waals surface area contributed by atoms with E-state index in [1.165, 1.54) is 0 Å². The standard InChI is InChI=1S/C14H21NO2/c1-4-7-11(5-2)15-14(17)12-8-6-9-13(16)10(12)3/h6,8-9,11,16H,4-5,7H2,1-3H3,(H,15,17). The lowest BCUT2D eigenvalue weighted by molar-refractivity contribution is 0.0932. The zero-order valence-electron chi connectivity index (χ0n) is 10.8. The molecule has 0 fully saturated rings. The van der Waals surface area contributed by atoms with Gasteiger partial charge in [-0.15, -0.1) is 0 Å². The highest BCUT2D eigenvalue weighted by atomic mass is 16.3. The molecule has 1 amide bonds. The summed E-state index contributed by atoms with van der Waals surface area (Å²) >= 11 is 0. The normalized spacial score (nSPS) is 12.2. The van der Waals surface area contributed by atoms with Crippen LogP contribution in [0.1, 0.15) is 49.0 Å². The van der Waals surface area contributed by atoms with Crippen LogP contribution in [0.25, 0.3) is 0 Å². The third-order valence-electron chi connectivity index (χ3n) is 3.01. The number of hydrogen-bond acceptors (Lipinski definition) is 2. The molecule has 17 heavy (non-hydrogen) atoms. The van der Waals surface area contributed by atoms with Crippen LogP contribution in [0.2, 0.25) is 0 Å². The smallest absolute Gasteiger partial charge is 0.251 e. The fraction of sp³-hybridized carbons (Fsp3) is 0.500. The lowest BCUT2D eigenvalue weighted by Crippen LogP contribution is -2.34. The number of phenols is 1. The molecule has 0 aliphatic carbocycles. The van der Waals surface area contributed by atoms with E-state index in [9.17, 15) is 9.90 Å². The van der Waals surface area contributed by atoms with Crippen LogP contribution in [0.3, 0.4) is 0 Å². The highest BCUT2D eigenvalue weighted by molar-refractivity contribution is 5.96. The molecule has 1 rings (SSSR count). The summed E-state index contributed by atoms with van der Waals surface area (Å²) in [4.78, 5) is 12.0. The molecule has 2 N–H and O–H groups in total. The summed E-state index contributed by atoms with van der Waals surface area (Å²) in [6.45, 7) is 5.93. The Bertz CT molecular complexity index is 388. The van der Waals surface area contributed by atoms with Gasteiger partial charge in [0.05, 0.1) is 0 Å². The maximum absolute atomic E-state index is 12.0. The molecule has 0 aromatic heterocycles. The van der Waals surface area contributed by atoms with Gasteiger partial charge in [-0.05, 0) is 31.9 Å². The number of benzene rings is 1. The second-order valence-electron chi connectivity index (χ2n) is 4.32. The van der Waals surface area contributed by atoms with Gasteiger partial charge in [0.1, 0.15) is 5.75 Å². The van der Waals surface area contributed by atoms with Gasteiger partial charge in [-0.25, -0.2) is 0 Å². The molecule has 1 unspecified atom stereocenters. The van der Waals surface area contributed by atoms with Crippen LogP contribution in [0, 0.1) is 6.92 Å². The number of aromatic hydroxyl groups is 1. The highest BCUT2D eigenvalue weighted by Crippen LogP contribution is 2.19. The fourth-order valence-corrected chi connectivity index (χ4v) is 1.86. The quantitative estimate of drug-likeness (QED) is 0.824. The molecule has 0 radical (unpaired) electrons. The predicted molar refractivity (Wildman–Crippen MR) is 69.3 cm³/mol. The van der Waals surface area contributed by atoms with Crippen LogP contribution in [-0.2, 0) is 0 Å². The topological polar surface area (TPSA) is 49.3 Å². The van der Waals surface area contributed by atoms with Gasteiger partial charge in [0.25, 0.3) is 5.91 Å². The molecule has 0 saturated heterocycles. The molecule has 1 atom stereocenters. The lowest BCUT2D eigenvalue weighted by atomic mass is 10.1. The number of amides is 1. The Labute approximate surface area is 103 Å². The largest absolute Gasteiger partial charge is 0.508 e. The van der Waals surface area contributed by atoms with E-state index < -0.39 is 0 Å². The first-order valence-electron chi connectivity index (χ1n) is 6.19. The number of nitrogens with one attached hydrogen (secondary N) is 1. The van der Waals surface area contributed by atoms with Crippen molar-refractivity contribution < 1.29 is 9.90 Å². The minimum absolute atomic E-state index is 0.0984. The molecule has 3 heteroatoms. The van der Waals surface area contributed by atoms with Crippen molar-refractivity contribution in [1.29, 1.82) is 0 Å². The SMILES string of the molecule is CCCC(CC)NC(=O)c1cccc(O)c1C. The molecule has 0 heterocycles. The number of carbonyl (C=O) groups is 1. The van der Waals surface area contributed by atoms with Crippen molar-refractivity contribution in [2.24, 2.45) is 0 Å². The summed E-state index contributed by atoms with van der Waals surface area (Å²) in [7, 11) is 0. The fourth-order valence-electron chi connectivity index (χ4n) is 1.86. The summed E-state index contributed by atoms with van der Waals surface area (Å²) in [5, 5.41) is 12.6. The average Bonchev–Trinajstić information content (AvgIpc) is 2.31. The van der Waals surface area contributed by atoms with E-state index in [4.69, 9.17) is 0 Å². The number of hydrogen-bond donors (Lipinski definition) is 2. The van der Waals surface area contributed by atoms with Crippen molar-refractivity contribution in [1.82, 2.24) is 5.32 Å². The van der Waals surface area contributed by atoms with E-state index in [0.29, 0.717) is 11.1 Å². The van der Waals surface area contributed by atoms with E-state index in [1.807, 2.05) is 0 Å². The van der Waals surface area contributed by atoms with Gasteiger partial charge in [0.2, 0.25) is 0 Å². The number of carbonyl (C=O) groups excluding carboxylic acids is 1. The van der Waals surface area contributed by atoms with Crippen molar-refractivity contribution in [3.63, 3.8) is 0 Å². The maximum atomic E-state index is 12.0. The predicted octanol–water partition coefficient (Wildman–Crippen LogP) is 3.01. The average molecular weight is 235 g/mol. The van der Waals surface area contributed by atoms with Crippen LogP contribution in [-0.4, -0.2) is 17.1 Å². The second-order valence-corrected chi connectivity index (χ2v) is 4.32. The monoisotopic (exact) mass is 235 g/mol. The van der Waals surface area contributed by atoms with Crippen LogP contribution < -0.4 is 5.32 Å². The summed E-state index contributed by atoms with van der Waals surface area (Å²) in [5.74, 6) is 0.0693. The van der Waals surface area contributed by atoms with Crippen LogP contribution in [0.5, 0.6) is 5.75 Å². The summed E-state index contributed by atoms with van der Waals surface area (Å²) in [6, 6.07) is 5.24. The Morgan fingerprint density at radius 2 is 2.12 bits per heavy atom. The first kappa shape index (κ1) is 13.6. The van der Waals surface area contributed by atoms with Crippen molar-refractivity contribution in [3.05, 3.63) is 29.3 Å². The van der Waals surface area contributed by atoms with E-state index in [1.54, 1.807) is 25.1 Å². The number of rotatable bonds is 5. The van der Waals surface area contributed by atoms with Crippen molar-refractivity contribution in [3.8, 4) is 5.75 Å². The molecule has 0 aliphatic rings.